The van der Waals surface area contributed by atoms with Crippen molar-refractivity contribution in [3.63, 3.8) is 0 Å². The highest BCUT2D eigenvalue weighted by molar-refractivity contribution is 7.13. The lowest BCUT2D eigenvalue weighted by molar-refractivity contribution is 0.331. The Morgan fingerprint density at radius 2 is 1.86 bits per heavy atom. The fraction of sp³-hybridized carbons (Fsp3) is 0.185. The van der Waals surface area contributed by atoms with E-state index in [0.717, 1.165) is 55.9 Å². The Bertz CT molecular complexity index is 1640. The summed E-state index contributed by atoms with van der Waals surface area (Å²) in [5.41, 5.74) is 7.96. The topological polar surface area (TPSA) is 86.4 Å². The highest BCUT2D eigenvalue weighted by Crippen LogP contribution is 2.35. The zero-order chi connectivity index (χ0) is 23.2. The number of hydrogen-bond donors (Lipinski definition) is 2. The highest BCUT2D eigenvalue weighted by atomic mass is 32.1. The van der Waals surface area contributed by atoms with E-state index in [-0.39, 0.29) is 0 Å². The van der Waals surface area contributed by atoms with Crippen LogP contribution in [0.1, 0.15) is 18.4 Å². The lowest BCUT2D eigenvalue weighted by Gasteiger charge is -2.14. The van der Waals surface area contributed by atoms with Gasteiger partial charge in [0.15, 0.2) is 5.65 Å². The van der Waals surface area contributed by atoms with Gasteiger partial charge in [0, 0.05) is 58.7 Å². The van der Waals surface area contributed by atoms with Crippen molar-refractivity contribution in [3.05, 3.63) is 72.1 Å². The van der Waals surface area contributed by atoms with E-state index in [2.05, 4.69) is 70.7 Å². The summed E-state index contributed by atoms with van der Waals surface area (Å²) in [4.78, 5) is 21.0. The molecule has 1 aliphatic rings. The van der Waals surface area contributed by atoms with Crippen molar-refractivity contribution in [2.45, 2.75) is 19.4 Å². The van der Waals surface area contributed by atoms with Gasteiger partial charge in [0.1, 0.15) is 0 Å². The first-order chi connectivity index (χ1) is 17.3. The first kappa shape index (κ1) is 20.5. The Morgan fingerprint density at radius 3 is 2.74 bits per heavy atom. The van der Waals surface area contributed by atoms with Gasteiger partial charge in [-0.3, -0.25) is 20.0 Å². The molecule has 0 aromatic carbocycles. The van der Waals surface area contributed by atoms with Crippen molar-refractivity contribution in [2.24, 2.45) is 0 Å². The molecule has 0 amide bonds. The molecule has 6 aromatic heterocycles. The lowest BCUT2D eigenvalue weighted by atomic mass is 10.1. The molecule has 1 aliphatic heterocycles. The average Bonchev–Trinajstić information content (AvgIpc) is 3.70. The molecule has 7 nitrogen and oxygen atoms in total. The third kappa shape index (κ3) is 3.71. The summed E-state index contributed by atoms with van der Waals surface area (Å²) in [7, 11) is 0. The van der Waals surface area contributed by atoms with Crippen LogP contribution in [0.3, 0.4) is 0 Å². The second-order valence-corrected chi connectivity index (χ2v) is 9.99. The van der Waals surface area contributed by atoms with Crippen LogP contribution >= 0.6 is 11.3 Å². The number of nitrogens with one attached hydrogen (secondary N) is 2. The minimum absolute atomic E-state index is 0.695. The molecule has 0 unspecified atom stereocenters. The molecule has 172 valence electrons. The molecule has 7 rings (SSSR count). The van der Waals surface area contributed by atoms with Crippen LogP contribution in [-0.4, -0.2) is 48.1 Å². The molecule has 0 aliphatic carbocycles. The van der Waals surface area contributed by atoms with E-state index < -0.39 is 0 Å². The monoisotopic (exact) mass is 477 g/mol. The van der Waals surface area contributed by atoms with Crippen molar-refractivity contribution >= 4 is 33.3 Å². The van der Waals surface area contributed by atoms with Crippen molar-refractivity contribution in [1.82, 2.24) is 35.0 Å². The van der Waals surface area contributed by atoms with Crippen molar-refractivity contribution in [3.8, 4) is 33.1 Å². The van der Waals surface area contributed by atoms with Crippen molar-refractivity contribution in [2.75, 3.05) is 13.1 Å². The number of thiophene rings is 1. The van der Waals surface area contributed by atoms with Gasteiger partial charge in [-0.05, 0) is 67.2 Å². The van der Waals surface area contributed by atoms with E-state index in [1.807, 2.05) is 30.9 Å². The number of likely N-dealkylation sites (tertiary alicyclic amines) is 1. The van der Waals surface area contributed by atoms with Crippen LogP contribution in [-0.2, 0) is 6.54 Å². The van der Waals surface area contributed by atoms with Crippen LogP contribution in [0.4, 0.5) is 0 Å². The number of H-pyrrole nitrogens is 2. The number of nitrogens with zero attached hydrogens (tertiary/aromatic N) is 5. The minimum Gasteiger partial charge on any atom is -0.353 e. The Hall–Kier alpha value is -3.88. The normalized spacial score (nSPS) is 14.4. The Balaban J connectivity index is 1.28. The summed E-state index contributed by atoms with van der Waals surface area (Å²) in [6.07, 6.45) is 10.2. The predicted octanol–water partition coefficient (Wildman–Crippen LogP) is 5.89. The summed E-state index contributed by atoms with van der Waals surface area (Å²) in [6.45, 7) is 3.29. The number of rotatable bonds is 5. The number of pyridine rings is 3. The molecule has 1 fully saturated rings. The standard InChI is InChI=1S/C27H23N7S/c1-2-8-34(7-1)16-17-10-18(14-28-13-17)19-11-21-25(32-33-27(21)30-15-19)23-12-20-22(31-23)5-6-29-26(20)24-4-3-9-35-24/h3-6,9-15,31H,1-2,7-8,16H2,(H,30,32,33). The minimum atomic E-state index is 0.695. The van der Waals surface area contributed by atoms with E-state index in [4.69, 9.17) is 0 Å². The van der Waals surface area contributed by atoms with Crippen LogP contribution in [0.15, 0.2) is 66.6 Å². The molecule has 0 saturated carbocycles. The van der Waals surface area contributed by atoms with Crippen LogP contribution < -0.4 is 0 Å². The van der Waals surface area contributed by atoms with Gasteiger partial charge in [-0.1, -0.05) is 6.07 Å². The van der Waals surface area contributed by atoms with Crippen molar-refractivity contribution in [1.29, 1.82) is 0 Å². The van der Waals surface area contributed by atoms with Crippen LogP contribution in [0, 0.1) is 0 Å². The molecular weight excluding hydrogens is 454 g/mol. The first-order valence-electron chi connectivity index (χ1n) is 11.8. The number of aromatic nitrogens is 6. The second-order valence-electron chi connectivity index (χ2n) is 9.04. The summed E-state index contributed by atoms with van der Waals surface area (Å²) < 4.78 is 0. The fourth-order valence-corrected chi connectivity index (χ4v) is 5.73. The fourth-order valence-electron chi connectivity index (χ4n) is 4.99. The van der Waals surface area contributed by atoms with E-state index in [9.17, 15) is 0 Å². The van der Waals surface area contributed by atoms with Gasteiger partial charge in [-0.25, -0.2) is 4.98 Å². The third-order valence-corrected chi connectivity index (χ3v) is 7.59. The molecule has 0 radical (unpaired) electrons. The average molecular weight is 478 g/mol. The first-order valence-corrected chi connectivity index (χ1v) is 12.7. The summed E-state index contributed by atoms with van der Waals surface area (Å²) >= 11 is 1.70. The zero-order valence-electron chi connectivity index (χ0n) is 19.0. The van der Waals surface area contributed by atoms with E-state index in [0.29, 0.717) is 5.65 Å². The molecule has 0 spiro atoms. The molecule has 6 aromatic rings. The maximum Gasteiger partial charge on any atom is 0.181 e. The molecule has 0 atom stereocenters. The molecule has 7 heterocycles. The largest absolute Gasteiger partial charge is 0.353 e. The highest BCUT2D eigenvalue weighted by Gasteiger charge is 2.16. The maximum atomic E-state index is 4.65. The lowest BCUT2D eigenvalue weighted by Crippen LogP contribution is -2.18. The summed E-state index contributed by atoms with van der Waals surface area (Å²) in [5.74, 6) is 0. The van der Waals surface area contributed by atoms with Gasteiger partial charge >= 0.3 is 0 Å². The second kappa shape index (κ2) is 8.41. The van der Waals surface area contributed by atoms with E-state index in [1.165, 1.54) is 31.5 Å². The van der Waals surface area contributed by atoms with E-state index >= 15 is 0 Å². The van der Waals surface area contributed by atoms with Crippen LogP contribution in [0.25, 0.3) is 55.0 Å². The van der Waals surface area contributed by atoms with Crippen LogP contribution in [0.5, 0.6) is 0 Å². The molecule has 1 saturated heterocycles. The number of hydrogen-bond acceptors (Lipinski definition) is 6. The quantitative estimate of drug-likeness (QED) is 0.323. The Morgan fingerprint density at radius 1 is 0.943 bits per heavy atom. The number of fused-ring (bicyclic) bond motifs is 2. The van der Waals surface area contributed by atoms with Gasteiger partial charge < -0.3 is 4.98 Å². The molecule has 8 heteroatoms. The SMILES string of the molecule is c1csc(-c2nccc3[nH]c(-c4[nH]nc5ncc(-c6cncc(CN7CCCC7)c6)cc45)cc23)c1. The Labute approximate surface area is 205 Å². The predicted molar refractivity (Wildman–Crippen MR) is 140 cm³/mol. The molecule has 2 N–H and O–H groups in total. The Kier molecular flexibility index (Phi) is 4.92. The van der Waals surface area contributed by atoms with Gasteiger partial charge in [-0.2, -0.15) is 5.10 Å². The van der Waals surface area contributed by atoms with Crippen molar-refractivity contribution < 1.29 is 0 Å². The summed E-state index contributed by atoms with van der Waals surface area (Å²) in [6, 6.07) is 12.7. The van der Waals surface area contributed by atoms with Crippen LogP contribution in [0.2, 0.25) is 0 Å². The maximum absolute atomic E-state index is 4.65. The van der Waals surface area contributed by atoms with E-state index in [1.54, 1.807) is 11.3 Å². The van der Waals surface area contributed by atoms with Gasteiger partial charge in [-0.15, -0.1) is 11.3 Å². The molecule has 0 bridgehead atoms. The van der Waals surface area contributed by atoms with Gasteiger partial charge in [0.25, 0.3) is 0 Å². The van der Waals surface area contributed by atoms with Gasteiger partial charge in [0.2, 0.25) is 0 Å². The third-order valence-electron chi connectivity index (χ3n) is 6.71. The summed E-state index contributed by atoms with van der Waals surface area (Å²) in [5, 5.41) is 11.8. The smallest absolute Gasteiger partial charge is 0.181 e. The van der Waals surface area contributed by atoms with Gasteiger partial charge in [0.05, 0.1) is 22.0 Å². The molecular formula is C27H23N7S. The molecule has 35 heavy (non-hydrogen) atoms. The zero-order valence-corrected chi connectivity index (χ0v) is 19.8. The number of aromatic amines is 2.